The Morgan fingerprint density at radius 2 is 1.88 bits per heavy atom. The SMILES string of the molecule is O=C(COC(=O)c1cc2c(s1)CCC2)Nc1ccc(C(F)(F)F)cc1. The summed E-state index contributed by atoms with van der Waals surface area (Å²) >= 11 is 1.38. The number of hydrogen-bond donors (Lipinski definition) is 1. The lowest BCUT2D eigenvalue weighted by Gasteiger charge is -2.09. The monoisotopic (exact) mass is 369 g/mol. The number of aryl methyl sites for hydroxylation is 2. The van der Waals surface area contributed by atoms with Gasteiger partial charge in [-0.2, -0.15) is 13.2 Å². The molecule has 25 heavy (non-hydrogen) atoms. The number of esters is 1. The average molecular weight is 369 g/mol. The van der Waals surface area contributed by atoms with Crippen LogP contribution in [-0.4, -0.2) is 18.5 Å². The van der Waals surface area contributed by atoms with Gasteiger partial charge in [-0.15, -0.1) is 11.3 Å². The molecule has 2 aromatic rings. The van der Waals surface area contributed by atoms with Crippen LogP contribution in [0.25, 0.3) is 0 Å². The largest absolute Gasteiger partial charge is 0.451 e. The predicted molar refractivity (Wildman–Crippen MR) is 86.7 cm³/mol. The van der Waals surface area contributed by atoms with E-state index in [0.29, 0.717) is 4.88 Å². The minimum absolute atomic E-state index is 0.198. The lowest BCUT2D eigenvalue weighted by atomic mass is 10.2. The van der Waals surface area contributed by atoms with Gasteiger partial charge in [0.1, 0.15) is 4.88 Å². The molecule has 0 fully saturated rings. The molecule has 0 bridgehead atoms. The number of amides is 1. The average Bonchev–Trinajstić information content (AvgIpc) is 3.14. The summed E-state index contributed by atoms with van der Waals surface area (Å²) in [6.45, 7) is -0.498. The Balaban J connectivity index is 1.51. The number of nitrogens with one attached hydrogen (secondary N) is 1. The van der Waals surface area contributed by atoms with Crippen LogP contribution in [0.3, 0.4) is 0 Å². The van der Waals surface area contributed by atoms with Crippen molar-refractivity contribution in [3.63, 3.8) is 0 Å². The highest BCUT2D eigenvalue weighted by Crippen LogP contribution is 2.31. The molecule has 8 heteroatoms. The fourth-order valence-electron chi connectivity index (χ4n) is 2.57. The van der Waals surface area contributed by atoms with Gasteiger partial charge in [0.25, 0.3) is 5.91 Å². The van der Waals surface area contributed by atoms with Gasteiger partial charge in [0.15, 0.2) is 6.61 Å². The van der Waals surface area contributed by atoms with Crippen LogP contribution < -0.4 is 5.32 Å². The fourth-order valence-corrected chi connectivity index (χ4v) is 3.72. The molecule has 4 nitrogen and oxygen atoms in total. The molecule has 0 unspecified atom stereocenters. The van der Waals surface area contributed by atoms with Crippen molar-refractivity contribution in [3.05, 3.63) is 51.2 Å². The van der Waals surface area contributed by atoms with Gasteiger partial charge >= 0.3 is 12.1 Å². The summed E-state index contributed by atoms with van der Waals surface area (Å²) in [5.74, 6) is -1.18. The molecule has 0 aliphatic heterocycles. The summed E-state index contributed by atoms with van der Waals surface area (Å²) in [6.07, 6.45) is -1.43. The van der Waals surface area contributed by atoms with Crippen molar-refractivity contribution in [1.82, 2.24) is 0 Å². The van der Waals surface area contributed by atoms with E-state index in [2.05, 4.69) is 5.32 Å². The number of rotatable bonds is 4. The zero-order valence-electron chi connectivity index (χ0n) is 13.0. The smallest absolute Gasteiger partial charge is 0.416 e. The number of anilines is 1. The van der Waals surface area contributed by atoms with E-state index in [0.717, 1.165) is 49.1 Å². The first-order chi connectivity index (χ1) is 11.8. The van der Waals surface area contributed by atoms with Crippen LogP contribution in [0.5, 0.6) is 0 Å². The molecule has 1 amide bonds. The predicted octanol–water partition coefficient (Wildman–Crippen LogP) is 4.05. The molecule has 1 aliphatic rings. The first kappa shape index (κ1) is 17.5. The number of thiophene rings is 1. The number of ether oxygens (including phenoxy) is 1. The van der Waals surface area contributed by atoms with E-state index >= 15 is 0 Å². The third-order valence-electron chi connectivity index (χ3n) is 3.78. The number of halogens is 3. The molecular weight excluding hydrogens is 355 g/mol. The van der Waals surface area contributed by atoms with E-state index in [1.807, 2.05) is 0 Å². The van der Waals surface area contributed by atoms with E-state index in [-0.39, 0.29) is 5.69 Å². The maximum atomic E-state index is 12.5. The topological polar surface area (TPSA) is 55.4 Å². The van der Waals surface area contributed by atoms with Gasteiger partial charge in [0.05, 0.1) is 5.56 Å². The van der Waals surface area contributed by atoms with Crippen LogP contribution in [-0.2, 0) is 28.5 Å². The maximum absolute atomic E-state index is 12.5. The van der Waals surface area contributed by atoms with Crippen molar-refractivity contribution in [1.29, 1.82) is 0 Å². The molecule has 0 saturated heterocycles. The van der Waals surface area contributed by atoms with Crippen LogP contribution in [0.2, 0.25) is 0 Å². The molecule has 0 radical (unpaired) electrons. The first-order valence-corrected chi connectivity index (χ1v) is 8.40. The zero-order valence-corrected chi connectivity index (χ0v) is 13.8. The van der Waals surface area contributed by atoms with Gasteiger partial charge < -0.3 is 10.1 Å². The molecular formula is C17H14F3NO3S. The number of fused-ring (bicyclic) bond motifs is 1. The lowest BCUT2D eigenvalue weighted by molar-refractivity contribution is -0.137. The van der Waals surface area contributed by atoms with E-state index in [1.165, 1.54) is 16.2 Å². The Hall–Kier alpha value is -2.35. The number of carbonyl (C=O) groups excluding carboxylic acids is 2. The minimum Gasteiger partial charge on any atom is -0.451 e. The van der Waals surface area contributed by atoms with E-state index in [9.17, 15) is 22.8 Å². The van der Waals surface area contributed by atoms with E-state index in [4.69, 9.17) is 4.74 Å². The molecule has 1 N–H and O–H groups in total. The maximum Gasteiger partial charge on any atom is 0.416 e. The van der Waals surface area contributed by atoms with Gasteiger partial charge in [0, 0.05) is 10.6 Å². The molecule has 0 atom stereocenters. The van der Waals surface area contributed by atoms with Crippen LogP contribution in [0.1, 0.15) is 32.1 Å². The van der Waals surface area contributed by atoms with Crippen LogP contribution in [0.4, 0.5) is 18.9 Å². The molecule has 1 aromatic heterocycles. The fraction of sp³-hybridized carbons (Fsp3) is 0.294. The highest BCUT2D eigenvalue weighted by atomic mass is 32.1. The van der Waals surface area contributed by atoms with Crippen molar-refractivity contribution in [3.8, 4) is 0 Å². The highest BCUT2D eigenvalue weighted by Gasteiger charge is 2.30. The highest BCUT2D eigenvalue weighted by molar-refractivity contribution is 7.14. The Morgan fingerprint density at radius 3 is 2.52 bits per heavy atom. The summed E-state index contributed by atoms with van der Waals surface area (Å²) in [5, 5.41) is 2.39. The second-order valence-electron chi connectivity index (χ2n) is 5.61. The molecule has 0 spiro atoms. The summed E-state index contributed by atoms with van der Waals surface area (Å²) < 4.78 is 42.4. The van der Waals surface area contributed by atoms with Gasteiger partial charge in [-0.25, -0.2) is 4.79 Å². The Labute approximate surface area is 145 Å². The van der Waals surface area contributed by atoms with Crippen LogP contribution >= 0.6 is 11.3 Å². The summed E-state index contributed by atoms with van der Waals surface area (Å²) in [7, 11) is 0. The number of carbonyl (C=O) groups is 2. The Bertz CT molecular complexity index is 775. The molecule has 132 valence electrons. The summed E-state index contributed by atoms with van der Waals surface area (Å²) in [4.78, 5) is 25.4. The molecule has 1 aromatic carbocycles. The third-order valence-corrected chi connectivity index (χ3v) is 5.00. The van der Waals surface area contributed by atoms with Gasteiger partial charge in [-0.05, 0) is 55.2 Å². The zero-order chi connectivity index (χ0) is 18.0. The Morgan fingerprint density at radius 1 is 1.16 bits per heavy atom. The van der Waals surface area contributed by atoms with Crippen molar-refractivity contribution in [2.24, 2.45) is 0 Å². The number of hydrogen-bond acceptors (Lipinski definition) is 4. The third kappa shape index (κ3) is 4.19. The number of benzene rings is 1. The second kappa shape index (κ2) is 6.87. The van der Waals surface area contributed by atoms with Gasteiger partial charge in [-0.1, -0.05) is 0 Å². The van der Waals surface area contributed by atoms with Crippen molar-refractivity contribution >= 4 is 28.9 Å². The van der Waals surface area contributed by atoms with Crippen molar-refractivity contribution in [2.45, 2.75) is 25.4 Å². The molecule has 1 aliphatic carbocycles. The summed E-state index contributed by atoms with van der Waals surface area (Å²) in [5.41, 5.74) is 0.554. The second-order valence-corrected chi connectivity index (χ2v) is 6.75. The van der Waals surface area contributed by atoms with E-state index < -0.39 is 30.2 Å². The Kier molecular flexibility index (Phi) is 4.80. The number of alkyl halides is 3. The molecule has 3 rings (SSSR count). The standard InChI is InChI=1S/C17H14F3NO3S/c18-17(19,20)11-4-6-12(7-5-11)21-15(22)9-24-16(23)14-8-10-2-1-3-13(10)25-14/h4-8H,1-3,9H2,(H,21,22). The van der Waals surface area contributed by atoms with Crippen LogP contribution in [0, 0.1) is 0 Å². The quantitative estimate of drug-likeness (QED) is 0.828. The first-order valence-electron chi connectivity index (χ1n) is 7.59. The molecule has 1 heterocycles. The van der Waals surface area contributed by atoms with Gasteiger partial charge in [0.2, 0.25) is 0 Å². The molecule has 0 saturated carbocycles. The lowest BCUT2D eigenvalue weighted by Crippen LogP contribution is -2.20. The van der Waals surface area contributed by atoms with Crippen molar-refractivity contribution < 1.29 is 27.5 Å². The van der Waals surface area contributed by atoms with Gasteiger partial charge in [-0.3, -0.25) is 4.79 Å². The minimum atomic E-state index is -4.43. The van der Waals surface area contributed by atoms with Crippen LogP contribution in [0.15, 0.2) is 30.3 Å². The normalized spacial score (nSPS) is 13.4. The summed E-state index contributed by atoms with van der Waals surface area (Å²) in [6, 6.07) is 5.82. The van der Waals surface area contributed by atoms with E-state index in [1.54, 1.807) is 6.07 Å². The van der Waals surface area contributed by atoms with Crippen molar-refractivity contribution in [2.75, 3.05) is 11.9 Å².